The van der Waals surface area contributed by atoms with Gasteiger partial charge in [-0.05, 0) is 43.0 Å². The fourth-order valence-electron chi connectivity index (χ4n) is 4.18. The number of piperidine rings is 1. The maximum atomic E-state index is 12.7. The van der Waals surface area contributed by atoms with Gasteiger partial charge >= 0.3 is 0 Å². The fourth-order valence-corrected chi connectivity index (χ4v) is 5.32. The van der Waals surface area contributed by atoms with E-state index in [0.29, 0.717) is 12.3 Å². The Morgan fingerprint density at radius 1 is 1.11 bits per heavy atom. The summed E-state index contributed by atoms with van der Waals surface area (Å²) in [6.45, 7) is 1.68. The third kappa shape index (κ3) is 3.31. The van der Waals surface area contributed by atoms with Crippen molar-refractivity contribution in [2.24, 2.45) is 0 Å². The number of nitrogens with one attached hydrogen (secondary N) is 1. The number of hydrogen-bond acceptors (Lipinski definition) is 3. The molecule has 5 heteroatoms. The standard InChI is InChI=1S/C23H23N3OS/c27-22(10-9-17-15-24-19-6-2-1-5-18(17)19)26-13-11-16(12-14-26)23-25-20-7-3-4-8-21(20)28-23/h1-8,15-16,24H,9-14H2. The first kappa shape index (κ1) is 17.4. The molecule has 4 nitrogen and oxygen atoms in total. The van der Waals surface area contributed by atoms with Crippen molar-refractivity contribution in [3.63, 3.8) is 0 Å². The first-order chi connectivity index (χ1) is 13.8. The lowest BCUT2D eigenvalue weighted by Gasteiger charge is -2.31. The number of H-pyrrole nitrogens is 1. The largest absolute Gasteiger partial charge is 0.361 e. The number of carbonyl (C=O) groups is 1. The van der Waals surface area contributed by atoms with Crippen LogP contribution < -0.4 is 0 Å². The average Bonchev–Trinajstić information content (AvgIpc) is 3.36. The number of aromatic nitrogens is 2. The molecule has 3 heterocycles. The number of rotatable bonds is 4. The lowest BCUT2D eigenvalue weighted by Crippen LogP contribution is -2.38. The molecule has 2 aromatic carbocycles. The van der Waals surface area contributed by atoms with Gasteiger partial charge in [-0.15, -0.1) is 11.3 Å². The van der Waals surface area contributed by atoms with Crippen molar-refractivity contribution >= 4 is 38.4 Å². The number of fused-ring (bicyclic) bond motifs is 2. The number of hydrogen-bond donors (Lipinski definition) is 1. The number of aryl methyl sites for hydroxylation is 1. The third-order valence-electron chi connectivity index (χ3n) is 5.79. The van der Waals surface area contributed by atoms with Gasteiger partial charge in [0.1, 0.15) is 0 Å². The first-order valence-electron chi connectivity index (χ1n) is 9.96. The fraction of sp³-hybridized carbons (Fsp3) is 0.304. The minimum atomic E-state index is 0.271. The molecular formula is C23H23N3OS. The second-order valence-electron chi connectivity index (χ2n) is 7.53. The Balaban J connectivity index is 1.19. The summed E-state index contributed by atoms with van der Waals surface area (Å²) in [5.41, 5.74) is 3.47. The van der Waals surface area contributed by atoms with Crippen LogP contribution in [0.5, 0.6) is 0 Å². The summed E-state index contributed by atoms with van der Waals surface area (Å²) in [7, 11) is 0. The van der Waals surface area contributed by atoms with Crippen LogP contribution in [0, 0.1) is 0 Å². The van der Waals surface area contributed by atoms with Gasteiger partial charge in [0.15, 0.2) is 0 Å². The molecule has 0 atom stereocenters. The number of para-hydroxylation sites is 2. The molecule has 142 valence electrons. The Bertz CT molecular complexity index is 1090. The van der Waals surface area contributed by atoms with E-state index < -0.39 is 0 Å². The predicted octanol–water partition coefficient (Wildman–Crippen LogP) is 5.12. The zero-order valence-corrected chi connectivity index (χ0v) is 16.5. The number of benzene rings is 2. The predicted molar refractivity (Wildman–Crippen MR) is 115 cm³/mol. The van der Waals surface area contributed by atoms with Gasteiger partial charge in [-0.2, -0.15) is 0 Å². The Hall–Kier alpha value is -2.66. The smallest absolute Gasteiger partial charge is 0.222 e. The minimum Gasteiger partial charge on any atom is -0.361 e. The summed E-state index contributed by atoms with van der Waals surface area (Å²) in [6, 6.07) is 16.6. The van der Waals surface area contributed by atoms with Gasteiger partial charge in [0.2, 0.25) is 5.91 Å². The van der Waals surface area contributed by atoms with Crippen molar-refractivity contribution in [2.75, 3.05) is 13.1 Å². The number of amides is 1. The second-order valence-corrected chi connectivity index (χ2v) is 8.60. The van der Waals surface area contributed by atoms with E-state index in [1.165, 1.54) is 20.7 Å². The summed E-state index contributed by atoms with van der Waals surface area (Å²) in [5.74, 6) is 0.753. The van der Waals surface area contributed by atoms with Crippen LogP contribution in [-0.4, -0.2) is 33.9 Å². The molecule has 1 N–H and O–H groups in total. The van der Waals surface area contributed by atoms with Crippen molar-refractivity contribution in [1.29, 1.82) is 0 Å². The lowest BCUT2D eigenvalue weighted by atomic mass is 9.97. The molecule has 0 radical (unpaired) electrons. The number of likely N-dealkylation sites (tertiary alicyclic amines) is 1. The summed E-state index contributed by atoms with van der Waals surface area (Å²) < 4.78 is 1.26. The maximum Gasteiger partial charge on any atom is 0.222 e. The van der Waals surface area contributed by atoms with Gasteiger partial charge < -0.3 is 9.88 Å². The zero-order chi connectivity index (χ0) is 18.9. The Morgan fingerprint density at radius 3 is 2.75 bits per heavy atom. The molecule has 2 aromatic heterocycles. The van der Waals surface area contributed by atoms with Crippen molar-refractivity contribution in [3.05, 3.63) is 65.3 Å². The van der Waals surface area contributed by atoms with Crippen LogP contribution in [0.2, 0.25) is 0 Å². The molecular weight excluding hydrogens is 366 g/mol. The molecule has 0 bridgehead atoms. The summed E-state index contributed by atoms with van der Waals surface area (Å²) >= 11 is 1.81. The van der Waals surface area contributed by atoms with Crippen molar-refractivity contribution in [3.8, 4) is 0 Å². The van der Waals surface area contributed by atoms with Crippen LogP contribution in [0.15, 0.2) is 54.7 Å². The molecule has 1 amide bonds. The Morgan fingerprint density at radius 2 is 1.89 bits per heavy atom. The zero-order valence-electron chi connectivity index (χ0n) is 15.7. The molecule has 1 saturated heterocycles. The maximum absolute atomic E-state index is 12.7. The van der Waals surface area contributed by atoms with Crippen LogP contribution >= 0.6 is 11.3 Å². The number of carbonyl (C=O) groups excluding carboxylic acids is 1. The van der Waals surface area contributed by atoms with Gasteiger partial charge in [0, 0.05) is 42.5 Å². The van der Waals surface area contributed by atoms with E-state index in [1.54, 1.807) is 11.3 Å². The van der Waals surface area contributed by atoms with Crippen LogP contribution in [-0.2, 0) is 11.2 Å². The number of thiazole rings is 1. The molecule has 0 spiro atoms. The molecule has 5 rings (SSSR count). The molecule has 0 unspecified atom stereocenters. The van der Waals surface area contributed by atoms with E-state index in [2.05, 4.69) is 35.3 Å². The molecule has 4 aromatic rings. The van der Waals surface area contributed by atoms with Gasteiger partial charge in [0.05, 0.1) is 15.2 Å². The lowest BCUT2D eigenvalue weighted by molar-refractivity contribution is -0.132. The van der Waals surface area contributed by atoms with Gasteiger partial charge in [-0.3, -0.25) is 4.79 Å². The van der Waals surface area contributed by atoms with E-state index in [-0.39, 0.29) is 5.91 Å². The average molecular weight is 390 g/mol. The molecule has 1 aliphatic rings. The van der Waals surface area contributed by atoms with Crippen molar-refractivity contribution in [2.45, 2.75) is 31.6 Å². The van der Waals surface area contributed by atoms with Gasteiger partial charge in [-0.25, -0.2) is 4.98 Å². The molecule has 1 aliphatic heterocycles. The van der Waals surface area contributed by atoms with Crippen LogP contribution in [0.3, 0.4) is 0 Å². The monoisotopic (exact) mass is 389 g/mol. The van der Waals surface area contributed by atoms with Gasteiger partial charge in [-0.1, -0.05) is 30.3 Å². The highest BCUT2D eigenvalue weighted by Crippen LogP contribution is 2.34. The van der Waals surface area contributed by atoms with E-state index in [9.17, 15) is 4.79 Å². The van der Waals surface area contributed by atoms with Crippen LogP contribution in [0.1, 0.15) is 35.8 Å². The number of aromatic amines is 1. The molecule has 0 saturated carbocycles. The SMILES string of the molecule is O=C(CCc1c[nH]c2ccccc12)N1CCC(c2nc3ccccc3s2)CC1. The highest BCUT2D eigenvalue weighted by molar-refractivity contribution is 7.18. The highest BCUT2D eigenvalue weighted by atomic mass is 32.1. The van der Waals surface area contributed by atoms with E-state index >= 15 is 0 Å². The Labute approximate surface area is 168 Å². The molecule has 28 heavy (non-hydrogen) atoms. The van der Waals surface area contributed by atoms with E-state index in [0.717, 1.165) is 43.4 Å². The van der Waals surface area contributed by atoms with Gasteiger partial charge in [0.25, 0.3) is 0 Å². The van der Waals surface area contributed by atoms with Crippen LogP contribution in [0.25, 0.3) is 21.1 Å². The van der Waals surface area contributed by atoms with Crippen molar-refractivity contribution < 1.29 is 4.79 Å². The normalized spacial score (nSPS) is 15.5. The van der Waals surface area contributed by atoms with Crippen molar-refractivity contribution in [1.82, 2.24) is 14.9 Å². The first-order valence-corrected chi connectivity index (χ1v) is 10.8. The summed E-state index contributed by atoms with van der Waals surface area (Å²) in [5, 5.41) is 2.46. The van der Waals surface area contributed by atoms with E-state index in [1.807, 2.05) is 29.3 Å². The van der Waals surface area contributed by atoms with E-state index in [4.69, 9.17) is 4.98 Å². The second kappa shape index (κ2) is 7.40. The third-order valence-corrected chi connectivity index (χ3v) is 6.99. The Kier molecular flexibility index (Phi) is 4.61. The summed E-state index contributed by atoms with van der Waals surface area (Å²) in [4.78, 5) is 22.9. The quantitative estimate of drug-likeness (QED) is 0.527. The minimum absolute atomic E-state index is 0.271. The summed E-state index contributed by atoms with van der Waals surface area (Å²) in [6.07, 6.45) is 5.43. The molecule has 0 aliphatic carbocycles. The molecule has 1 fully saturated rings. The highest BCUT2D eigenvalue weighted by Gasteiger charge is 2.25. The number of nitrogens with zero attached hydrogens (tertiary/aromatic N) is 2. The van der Waals surface area contributed by atoms with Crippen LogP contribution in [0.4, 0.5) is 0 Å². The topological polar surface area (TPSA) is 49.0 Å².